The van der Waals surface area contributed by atoms with Crippen molar-refractivity contribution < 1.29 is 5.11 Å². The average molecular weight is 252 g/mol. The lowest BCUT2D eigenvalue weighted by Crippen LogP contribution is -2.02. The molecule has 0 bridgehead atoms. The van der Waals surface area contributed by atoms with E-state index < -0.39 is 6.10 Å². The second-order valence-electron chi connectivity index (χ2n) is 4.05. The normalized spacial score (nSPS) is 12.8. The van der Waals surface area contributed by atoms with Crippen molar-refractivity contribution in [2.45, 2.75) is 20.0 Å². The van der Waals surface area contributed by atoms with Crippen LogP contribution in [0.5, 0.6) is 0 Å². The molecule has 0 aliphatic rings. The zero-order chi connectivity index (χ0) is 12.6. The molecule has 0 aliphatic heterocycles. The van der Waals surface area contributed by atoms with E-state index in [4.69, 9.17) is 11.6 Å². The summed E-state index contributed by atoms with van der Waals surface area (Å²) in [4.78, 5) is 4.16. The molecule has 2 aromatic rings. The maximum Gasteiger partial charge on any atom is 0.133 e. The predicted octanol–water partition coefficient (Wildman–Crippen LogP) is 2.17. The van der Waals surface area contributed by atoms with E-state index in [1.807, 2.05) is 26.0 Å². The van der Waals surface area contributed by atoms with Crippen LogP contribution in [0.1, 0.15) is 28.6 Å². The second-order valence-corrected chi connectivity index (χ2v) is 4.41. The van der Waals surface area contributed by atoms with Crippen LogP contribution in [-0.2, 0) is 7.05 Å². The number of rotatable bonds is 2. The summed E-state index contributed by atoms with van der Waals surface area (Å²) >= 11 is 6.11. The summed E-state index contributed by atoms with van der Waals surface area (Å²) in [6.45, 7) is 3.73. The van der Waals surface area contributed by atoms with Gasteiger partial charge in [0, 0.05) is 30.1 Å². The zero-order valence-corrected chi connectivity index (χ0v) is 10.7. The molecule has 0 saturated carbocycles. The Bertz CT molecular complexity index is 533. The van der Waals surface area contributed by atoms with Gasteiger partial charge >= 0.3 is 0 Å². The molecule has 0 radical (unpaired) electrons. The lowest BCUT2D eigenvalue weighted by Gasteiger charge is -2.10. The molecule has 0 aromatic carbocycles. The van der Waals surface area contributed by atoms with Gasteiger partial charge in [0.15, 0.2) is 0 Å². The van der Waals surface area contributed by atoms with Gasteiger partial charge in [-0.15, -0.1) is 0 Å². The minimum atomic E-state index is -0.788. The number of aryl methyl sites for hydroxylation is 3. The molecule has 2 rings (SSSR count). The monoisotopic (exact) mass is 251 g/mol. The first kappa shape index (κ1) is 12.1. The molecule has 0 amide bonds. The van der Waals surface area contributed by atoms with Gasteiger partial charge in [-0.25, -0.2) is 0 Å². The molecule has 5 heteroatoms. The number of pyridine rings is 1. The number of aromatic nitrogens is 3. The standard InChI is InChI=1S/C12H14ClN3O/c1-7-4-5-9(6-14-7)11(17)10-8(2)15-16(3)12(10)13/h4-6,11,17H,1-3H3. The van der Waals surface area contributed by atoms with Gasteiger partial charge in [-0.2, -0.15) is 5.10 Å². The largest absolute Gasteiger partial charge is 0.383 e. The van der Waals surface area contributed by atoms with Gasteiger partial charge in [-0.1, -0.05) is 17.7 Å². The minimum Gasteiger partial charge on any atom is -0.383 e. The number of aliphatic hydroxyl groups is 1. The van der Waals surface area contributed by atoms with Gasteiger partial charge < -0.3 is 5.11 Å². The summed E-state index contributed by atoms with van der Waals surface area (Å²) in [5.74, 6) is 0. The van der Waals surface area contributed by atoms with E-state index in [9.17, 15) is 5.11 Å². The lowest BCUT2D eigenvalue weighted by atomic mass is 10.0. The predicted molar refractivity (Wildman–Crippen MR) is 66.0 cm³/mol. The van der Waals surface area contributed by atoms with Crippen molar-refractivity contribution in [3.05, 3.63) is 46.0 Å². The Hall–Kier alpha value is -1.39. The zero-order valence-electron chi connectivity index (χ0n) is 9.98. The van der Waals surface area contributed by atoms with Crippen molar-refractivity contribution in [1.29, 1.82) is 0 Å². The van der Waals surface area contributed by atoms with E-state index in [1.165, 1.54) is 0 Å². The maximum atomic E-state index is 10.3. The molecule has 0 spiro atoms. The fraction of sp³-hybridized carbons (Fsp3) is 0.333. The molecule has 0 fully saturated rings. The van der Waals surface area contributed by atoms with Crippen LogP contribution in [0.3, 0.4) is 0 Å². The SMILES string of the molecule is Cc1ccc(C(O)c2c(C)nn(C)c2Cl)cn1. The first-order valence-corrected chi connectivity index (χ1v) is 5.68. The highest BCUT2D eigenvalue weighted by molar-refractivity contribution is 6.30. The summed E-state index contributed by atoms with van der Waals surface area (Å²) < 4.78 is 1.55. The Morgan fingerprint density at radius 2 is 2.06 bits per heavy atom. The lowest BCUT2D eigenvalue weighted by molar-refractivity contribution is 0.219. The summed E-state index contributed by atoms with van der Waals surface area (Å²) in [5, 5.41) is 14.9. The molecule has 0 saturated heterocycles. The van der Waals surface area contributed by atoms with Crippen molar-refractivity contribution in [2.75, 3.05) is 0 Å². The highest BCUT2D eigenvalue weighted by atomic mass is 35.5. The van der Waals surface area contributed by atoms with E-state index >= 15 is 0 Å². The first-order valence-electron chi connectivity index (χ1n) is 5.30. The van der Waals surface area contributed by atoms with Crippen LogP contribution in [-0.4, -0.2) is 19.9 Å². The number of nitrogens with zero attached hydrogens (tertiary/aromatic N) is 3. The molecular weight excluding hydrogens is 238 g/mol. The van der Waals surface area contributed by atoms with Gasteiger partial charge in [0.05, 0.1) is 5.69 Å². The molecule has 1 N–H and O–H groups in total. The van der Waals surface area contributed by atoms with Crippen molar-refractivity contribution in [3.63, 3.8) is 0 Å². The van der Waals surface area contributed by atoms with Crippen LogP contribution in [0.25, 0.3) is 0 Å². The molecule has 1 unspecified atom stereocenters. The Morgan fingerprint density at radius 3 is 2.53 bits per heavy atom. The third kappa shape index (κ3) is 2.18. The van der Waals surface area contributed by atoms with E-state index in [-0.39, 0.29) is 0 Å². The fourth-order valence-corrected chi connectivity index (χ4v) is 2.04. The smallest absolute Gasteiger partial charge is 0.133 e. The van der Waals surface area contributed by atoms with Crippen molar-refractivity contribution in [2.24, 2.45) is 7.05 Å². The first-order chi connectivity index (χ1) is 8.00. The summed E-state index contributed by atoms with van der Waals surface area (Å²) in [6, 6.07) is 3.70. The molecule has 4 nitrogen and oxygen atoms in total. The Balaban J connectivity index is 2.43. The van der Waals surface area contributed by atoms with E-state index in [0.717, 1.165) is 11.4 Å². The Kier molecular flexibility index (Phi) is 3.17. The summed E-state index contributed by atoms with van der Waals surface area (Å²) in [6.07, 6.45) is 0.868. The van der Waals surface area contributed by atoms with Crippen LogP contribution in [0.15, 0.2) is 18.3 Å². The third-order valence-electron chi connectivity index (χ3n) is 2.72. The quantitative estimate of drug-likeness (QED) is 0.890. The fourth-order valence-electron chi connectivity index (χ4n) is 1.76. The highest BCUT2D eigenvalue weighted by Crippen LogP contribution is 2.30. The maximum absolute atomic E-state index is 10.3. The number of halogens is 1. The number of hydrogen-bond acceptors (Lipinski definition) is 3. The van der Waals surface area contributed by atoms with Crippen LogP contribution in [0.4, 0.5) is 0 Å². The van der Waals surface area contributed by atoms with Crippen LogP contribution in [0.2, 0.25) is 5.15 Å². The number of aliphatic hydroxyl groups excluding tert-OH is 1. The van der Waals surface area contributed by atoms with Crippen LogP contribution in [0, 0.1) is 13.8 Å². The molecular formula is C12H14ClN3O. The van der Waals surface area contributed by atoms with E-state index in [1.54, 1.807) is 17.9 Å². The molecule has 90 valence electrons. The third-order valence-corrected chi connectivity index (χ3v) is 3.17. The number of hydrogen-bond donors (Lipinski definition) is 1. The second kappa shape index (κ2) is 4.47. The van der Waals surface area contributed by atoms with Gasteiger partial charge in [0.1, 0.15) is 11.3 Å². The van der Waals surface area contributed by atoms with Gasteiger partial charge in [-0.3, -0.25) is 9.67 Å². The van der Waals surface area contributed by atoms with Gasteiger partial charge in [0.2, 0.25) is 0 Å². The molecule has 2 heterocycles. The topological polar surface area (TPSA) is 50.9 Å². The molecule has 0 aliphatic carbocycles. The van der Waals surface area contributed by atoms with E-state index in [2.05, 4.69) is 10.1 Å². The summed E-state index contributed by atoms with van der Waals surface area (Å²) in [7, 11) is 1.75. The minimum absolute atomic E-state index is 0.454. The van der Waals surface area contributed by atoms with Gasteiger partial charge in [-0.05, 0) is 19.9 Å². The highest BCUT2D eigenvalue weighted by Gasteiger charge is 2.20. The molecule has 17 heavy (non-hydrogen) atoms. The van der Waals surface area contributed by atoms with Crippen LogP contribution < -0.4 is 0 Å². The van der Waals surface area contributed by atoms with Crippen molar-refractivity contribution >= 4 is 11.6 Å². The molecule has 2 aromatic heterocycles. The van der Waals surface area contributed by atoms with Crippen molar-refractivity contribution in [3.8, 4) is 0 Å². The van der Waals surface area contributed by atoms with Gasteiger partial charge in [0.25, 0.3) is 0 Å². The Morgan fingerprint density at radius 1 is 1.35 bits per heavy atom. The summed E-state index contributed by atoms with van der Waals surface area (Å²) in [5.41, 5.74) is 2.99. The average Bonchev–Trinajstić information content (AvgIpc) is 2.53. The van der Waals surface area contributed by atoms with E-state index in [0.29, 0.717) is 16.3 Å². The molecule has 1 atom stereocenters. The van der Waals surface area contributed by atoms with Crippen molar-refractivity contribution in [1.82, 2.24) is 14.8 Å². The van der Waals surface area contributed by atoms with Crippen LogP contribution >= 0.6 is 11.6 Å². The Labute approximate surface area is 105 Å².